The molecule has 0 saturated carbocycles. The molecule has 5 rings (SSSR count). The van der Waals surface area contributed by atoms with Gasteiger partial charge in [-0.25, -0.2) is 9.97 Å². The molecule has 0 aliphatic carbocycles. The molecule has 1 atom stereocenters. The van der Waals surface area contributed by atoms with Crippen LogP contribution in [0.3, 0.4) is 0 Å². The predicted molar refractivity (Wildman–Crippen MR) is 125 cm³/mol. The van der Waals surface area contributed by atoms with E-state index in [-0.39, 0.29) is 11.9 Å². The van der Waals surface area contributed by atoms with E-state index < -0.39 is 11.9 Å². The number of likely N-dealkylation sites (tertiary alicyclic amines) is 1. The smallest absolute Gasteiger partial charge is 0.255 e. The summed E-state index contributed by atoms with van der Waals surface area (Å²) in [6, 6.07) is 4.89. The fraction of sp³-hybridized carbons (Fsp3) is 0.318. The van der Waals surface area contributed by atoms with Crippen molar-refractivity contribution in [1.29, 1.82) is 0 Å². The lowest BCUT2D eigenvalue weighted by Crippen LogP contribution is -2.61. The van der Waals surface area contributed by atoms with Gasteiger partial charge in [-0.3, -0.25) is 14.3 Å². The summed E-state index contributed by atoms with van der Waals surface area (Å²) >= 11 is 6.17. The van der Waals surface area contributed by atoms with Crippen molar-refractivity contribution in [2.24, 2.45) is 5.73 Å². The zero-order chi connectivity index (χ0) is 23.3. The number of hydrogen-bond acceptors (Lipinski definition) is 6. The summed E-state index contributed by atoms with van der Waals surface area (Å²) in [6.07, 6.45) is 3.17. The molecule has 0 spiro atoms. The van der Waals surface area contributed by atoms with Gasteiger partial charge in [0.05, 0.1) is 17.3 Å². The average molecular weight is 467 g/mol. The van der Waals surface area contributed by atoms with E-state index in [4.69, 9.17) is 22.3 Å². The number of nitrogens with two attached hydrogens (primary N) is 1. The van der Waals surface area contributed by atoms with E-state index in [9.17, 15) is 9.59 Å². The largest absolute Gasteiger partial charge is 0.344 e. The fourth-order valence-electron chi connectivity index (χ4n) is 4.06. The fourth-order valence-corrected chi connectivity index (χ4v) is 4.22. The number of carbonyl (C=O) groups excluding carboxylic acids is 2. The summed E-state index contributed by atoms with van der Waals surface area (Å²) in [5.41, 5.74) is 9.02. The van der Waals surface area contributed by atoms with Crippen molar-refractivity contribution in [3.8, 4) is 11.4 Å². The van der Waals surface area contributed by atoms with E-state index in [1.807, 2.05) is 23.7 Å². The second kappa shape index (κ2) is 8.13. The van der Waals surface area contributed by atoms with Gasteiger partial charge in [0.2, 0.25) is 5.91 Å². The van der Waals surface area contributed by atoms with Crippen LogP contribution in [0.1, 0.15) is 24.2 Å². The van der Waals surface area contributed by atoms with Gasteiger partial charge in [-0.2, -0.15) is 5.10 Å². The highest BCUT2D eigenvalue weighted by Crippen LogP contribution is 2.30. The summed E-state index contributed by atoms with van der Waals surface area (Å²) in [5, 5.41) is 8.95. The second-order valence-electron chi connectivity index (χ2n) is 8.18. The van der Waals surface area contributed by atoms with Crippen molar-refractivity contribution in [3.05, 3.63) is 41.2 Å². The maximum atomic E-state index is 12.9. The van der Waals surface area contributed by atoms with Crippen molar-refractivity contribution < 1.29 is 9.59 Å². The maximum absolute atomic E-state index is 12.9. The van der Waals surface area contributed by atoms with Gasteiger partial charge in [0.15, 0.2) is 5.65 Å². The van der Waals surface area contributed by atoms with Crippen LogP contribution in [0.2, 0.25) is 5.02 Å². The summed E-state index contributed by atoms with van der Waals surface area (Å²) < 4.78 is 1.85. The molecule has 10 nitrogen and oxygen atoms in total. The highest BCUT2D eigenvalue weighted by molar-refractivity contribution is 6.31. The van der Waals surface area contributed by atoms with E-state index in [2.05, 4.69) is 20.4 Å². The van der Waals surface area contributed by atoms with E-state index in [1.54, 1.807) is 30.3 Å². The normalized spacial score (nSPS) is 15.1. The number of aryl methyl sites for hydroxylation is 1. The van der Waals surface area contributed by atoms with Crippen molar-refractivity contribution in [2.45, 2.75) is 32.5 Å². The van der Waals surface area contributed by atoms with Crippen LogP contribution in [0.5, 0.6) is 0 Å². The van der Waals surface area contributed by atoms with Gasteiger partial charge in [0.1, 0.15) is 22.9 Å². The lowest BCUT2D eigenvalue weighted by Gasteiger charge is -2.38. The molecule has 1 aromatic carbocycles. The van der Waals surface area contributed by atoms with Crippen LogP contribution in [-0.4, -0.2) is 66.6 Å². The number of aromatic amines is 1. The maximum Gasteiger partial charge on any atom is 0.255 e. The molecule has 1 saturated heterocycles. The number of amides is 2. The first-order valence-corrected chi connectivity index (χ1v) is 11.1. The van der Waals surface area contributed by atoms with Gasteiger partial charge >= 0.3 is 0 Å². The second-order valence-corrected chi connectivity index (χ2v) is 8.62. The van der Waals surface area contributed by atoms with Crippen LogP contribution in [0.15, 0.2) is 30.6 Å². The zero-order valence-corrected chi connectivity index (χ0v) is 18.9. The van der Waals surface area contributed by atoms with Gasteiger partial charge < -0.3 is 20.9 Å². The number of carbonyl (C=O) groups is 2. The first kappa shape index (κ1) is 21.4. The molecule has 4 aromatic rings. The lowest BCUT2D eigenvalue weighted by molar-refractivity contribution is -0.137. The number of fused-ring (bicyclic) bond motifs is 2. The molecule has 1 aliphatic heterocycles. The highest BCUT2D eigenvalue weighted by Gasteiger charge is 2.31. The number of hydrogen-bond donors (Lipinski definition) is 3. The Bertz CT molecular complexity index is 1390. The monoisotopic (exact) mass is 466 g/mol. The third-order valence-corrected chi connectivity index (χ3v) is 6.06. The SMILES string of the molecule is CCn1nc(-c2cnc3[nH]cc(C(=O)N[C@H](C)C(=O)N4CC(N)C4)c3n2)c2ccc(Cl)cc21. The number of rotatable bonds is 5. The van der Waals surface area contributed by atoms with E-state index in [1.165, 1.54) is 0 Å². The molecule has 170 valence electrons. The minimum Gasteiger partial charge on any atom is -0.344 e. The van der Waals surface area contributed by atoms with Crippen LogP contribution in [0.4, 0.5) is 0 Å². The Balaban J connectivity index is 1.47. The zero-order valence-electron chi connectivity index (χ0n) is 18.2. The van der Waals surface area contributed by atoms with Crippen LogP contribution in [0.25, 0.3) is 33.5 Å². The molecule has 1 aliphatic rings. The topological polar surface area (TPSA) is 135 Å². The third kappa shape index (κ3) is 3.70. The number of nitrogens with zero attached hydrogens (tertiary/aromatic N) is 5. The number of nitrogens with one attached hydrogen (secondary N) is 2. The van der Waals surface area contributed by atoms with Gasteiger partial charge in [-0.15, -0.1) is 0 Å². The molecular weight excluding hydrogens is 444 g/mol. The van der Waals surface area contributed by atoms with Gasteiger partial charge in [-0.05, 0) is 32.0 Å². The third-order valence-electron chi connectivity index (χ3n) is 5.82. The number of benzene rings is 1. The molecule has 33 heavy (non-hydrogen) atoms. The predicted octanol–water partition coefficient (Wildman–Crippen LogP) is 1.94. The molecule has 4 N–H and O–H groups in total. The number of halogens is 1. The Morgan fingerprint density at radius 3 is 2.88 bits per heavy atom. The van der Waals surface area contributed by atoms with E-state index in [0.29, 0.717) is 52.8 Å². The van der Waals surface area contributed by atoms with Crippen LogP contribution in [-0.2, 0) is 11.3 Å². The highest BCUT2D eigenvalue weighted by atomic mass is 35.5. The molecule has 1 fully saturated rings. The summed E-state index contributed by atoms with van der Waals surface area (Å²) in [5.74, 6) is -0.569. The molecule has 0 bridgehead atoms. The van der Waals surface area contributed by atoms with Crippen LogP contribution in [0, 0.1) is 0 Å². The first-order valence-electron chi connectivity index (χ1n) is 10.7. The van der Waals surface area contributed by atoms with Crippen LogP contribution < -0.4 is 11.1 Å². The van der Waals surface area contributed by atoms with E-state index >= 15 is 0 Å². The molecule has 0 unspecified atom stereocenters. The van der Waals surface area contributed by atoms with Crippen molar-refractivity contribution in [1.82, 2.24) is 34.9 Å². The number of H-pyrrole nitrogens is 1. The summed E-state index contributed by atoms with van der Waals surface area (Å²) in [7, 11) is 0. The minimum absolute atomic E-state index is 0.00227. The number of aromatic nitrogens is 5. The van der Waals surface area contributed by atoms with Gasteiger partial charge in [0.25, 0.3) is 5.91 Å². The molecule has 4 heterocycles. The van der Waals surface area contributed by atoms with Crippen LogP contribution >= 0.6 is 11.6 Å². The quantitative estimate of drug-likeness (QED) is 0.411. The van der Waals surface area contributed by atoms with Crippen molar-refractivity contribution in [3.63, 3.8) is 0 Å². The first-order chi connectivity index (χ1) is 15.9. The summed E-state index contributed by atoms with van der Waals surface area (Å²) in [4.78, 5) is 39.1. The average Bonchev–Trinajstić information content (AvgIpc) is 3.36. The Morgan fingerprint density at radius 2 is 2.15 bits per heavy atom. The molecule has 0 radical (unpaired) electrons. The molecule has 2 amide bonds. The van der Waals surface area contributed by atoms with Gasteiger partial charge in [0, 0.05) is 42.3 Å². The Labute approximate surface area is 194 Å². The Hall–Kier alpha value is -3.50. The Kier molecular flexibility index (Phi) is 5.26. The standard InChI is InChI=1S/C22H23ClN8O2/c1-3-31-17-6-12(23)4-5-14(17)18(29-31)16-8-26-20-19(28-16)15(7-25-20)21(32)27-11(2)22(33)30-9-13(24)10-30/h4-8,11,13H,3,9-10,24H2,1-2H3,(H,25,26)(H,27,32)/t11-/m1/s1. The molecule has 11 heteroatoms. The van der Waals surface area contributed by atoms with Gasteiger partial charge in [-0.1, -0.05) is 11.6 Å². The van der Waals surface area contributed by atoms with E-state index in [0.717, 1.165) is 10.9 Å². The summed E-state index contributed by atoms with van der Waals surface area (Å²) in [6.45, 7) is 5.33. The lowest BCUT2D eigenvalue weighted by atomic mass is 10.1. The van der Waals surface area contributed by atoms with Crippen molar-refractivity contribution >= 4 is 45.5 Å². The molecular formula is C22H23ClN8O2. The van der Waals surface area contributed by atoms with Crippen molar-refractivity contribution in [2.75, 3.05) is 13.1 Å². The minimum atomic E-state index is -0.681. The Morgan fingerprint density at radius 1 is 1.36 bits per heavy atom. The molecule has 3 aromatic heterocycles.